The van der Waals surface area contributed by atoms with E-state index in [2.05, 4.69) is 5.32 Å². The summed E-state index contributed by atoms with van der Waals surface area (Å²) in [6, 6.07) is 7.53. The van der Waals surface area contributed by atoms with Gasteiger partial charge in [-0.05, 0) is 51.3 Å². The number of ether oxygens (including phenoxy) is 2. The molecule has 0 bridgehead atoms. The lowest BCUT2D eigenvalue weighted by molar-refractivity contribution is -0.143. The van der Waals surface area contributed by atoms with E-state index in [9.17, 15) is 9.59 Å². The van der Waals surface area contributed by atoms with Crippen molar-refractivity contribution in [1.82, 2.24) is 5.32 Å². The van der Waals surface area contributed by atoms with Crippen molar-refractivity contribution in [2.75, 3.05) is 7.11 Å². The Hall–Kier alpha value is -2.56. The van der Waals surface area contributed by atoms with Crippen molar-refractivity contribution in [3.63, 3.8) is 0 Å². The van der Waals surface area contributed by atoms with Crippen LogP contribution in [-0.4, -0.2) is 25.0 Å². The highest BCUT2D eigenvalue weighted by molar-refractivity contribution is 6.03. The number of rotatable bonds is 4. The van der Waals surface area contributed by atoms with Gasteiger partial charge in [0.25, 0.3) is 0 Å². The molecule has 5 nitrogen and oxygen atoms in total. The van der Waals surface area contributed by atoms with E-state index in [1.807, 2.05) is 45.0 Å². The van der Waals surface area contributed by atoms with Gasteiger partial charge in [-0.15, -0.1) is 0 Å². The molecule has 1 N–H and O–H groups in total. The molecule has 1 aliphatic carbocycles. The van der Waals surface area contributed by atoms with Crippen LogP contribution in [0.4, 0.5) is 0 Å². The van der Waals surface area contributed by atoms with E-state index < -0.39 is 5.92 Å². The average Bonchev–Trinajstić information content (AvgIpc) is 2.60. The predicted octanol–water partition coefficient (Wildman–Crippen LogP) is 3.61. The number of esters is 1. The Labute approximate surface area is 154 Å². The largest absolute Gasteiger partial charge is 0.497 e. The number of ketones is 1. The standard InChI is InChI=1S/C21H25NO4/c1-12(2)26-21(24)18-13(3)22-16-6-5-7-17(23)20(16)19(18)14-8-10-15(25-4)11-9-14/h8-12,19,22H,5-7H2,1-4H3. The molecule has 0 saturated heterocycles. The first-order valence-electron chi connectivity index (χ1n) is 9.01. The summed E-state index contributed by atoms with van der Waals surface area (Å²) in [5.74, 6) is 0.0488. The number of methoxy groups -OCH3 is 1. The van der Waals surface area contributed by atoms with Crippen LogP contribution in [0.3, 0.4) is 0 Å². The number of hydrogen-bond acceptors (Lipinski definition) is 5. The van der Waals surface area contributed by atoms with E-state index >= 15 is 0 Å². The Morgan fingerprint density at radius 1 is 1.19 bits per heavy atom. The second kappa shape index (κ2) is 7.36. The van der Waals surface area contributed by atoms with E-state index in [0.717, 1.165) is 35.5 Å². The van der Waals surface area contributed by atoms with Crippen LogP contribution in [0, 0.1) is 0 Å². The summed E-state index contributed by atoms with van der Waals surface area (Å²) in [5.41, 5.74) is 3.79. The van der Waals surface area contributed by atoms with Crippen molar-refractivity contribution >= 4 is 11.8 Å². The summed E-state index contributed by atoms with van der Waals surface area (Å²) in [6.07, 6.45) is 1.94. The highest BCUT2D eigenvalue weighted by atomic mass is 16.5. The maximum atomic E-state index is 12.8. The number of hydrogen-bond donors (Lipinski definition) is 1. The van der Waals surface area contributed by atoms with Gasteiger partial charge in [0.2, 0.25) is 0 Å². The third-order valence-electron chi connectivity index (χ3n) is 4.79. The van der Waals surface area contributed by atoms with Crippen molar-refractivity contribution in [2.45, 2.75) is 52.1 Å². The zero-order chi connectivity index (χ0) is 18.8. The van der Waals surface area contributed by atoms with Crippen LogP contribution < -0.4 is 10.1 Å². The van der Waals surface area contributed by atoms with Crippen LogP contribution >= 0.6 is 0 Å². The molecule has 0 radical (unpaired) electrons. The molecule has 0 fully saturated rings. The van der Waals surface area contributed by atoms with E-state index in [1.54, 1.807) is 7.11 Å². The van der Waals surface area contributed by atoms with Crippen LogP contribution in [0.1, 0.15) is 51.5 Å². The second-order valence-electron chi connectivity index (χ2n) is 6.99. The maximum absolute atomic E-state index is 12.8. The minimum Gasteiger partial charge on any atom is -0.497 e. The van der Waals surface area contributed by atoms with Crippen LogP contribution in [-0.2, 0) is 14.3 Å². The van der Waals surface area contributed by atoms with Gasteiger partial charge in [0.05, 0.1) is 18.8 Å². The molecule has 26 heavy (non-hydrogen) atoms. The zero-order valence-corrected chi connectivity index (χ0v) is 15.7. The zero-order valence-electron chi connectivity index (χ0n) is 15.7. The fourth-order valence-corrected chi connectivity index (χ4v) is 3.66. The van der Waals surface area contributed by atoms with Crippen LogP contribution in [0.5, 0.6) is 5.75 Å². The lowest BCUT2D eigenvalue weighted by atomic mass is 9.75. The minimum atomic E-state index is -0.406. The first-order valence-corrected chi connectivity index (χ1v) is 9.01. The van der Waals surface area contributed by atoms with Gasteiger partial charge in [-0.2, -0.15) is 0 Å². The van der Waals surface area contributed by atoms with E-state index in [-0.39, 0.29) is 17.9 Å². The SMILES string of the molecule is COc1ccc(C2C(C(=O)OC(C)C)=C(C)NC3=C2C(=O)CCC3)cc1. The summed E-state index contributed by atoms with van der Waals surface area (Å²) in [5, 5.41) is 3.29. The number of Topliss-reactive ketones (excluding diaryl/α,β-unsaturated/α-hetero) is 1. The Kier molecular flexibility index (Phi) is 5.16. The lowest BCUT2D eigenvalue weighted by Crippen LogP contribution is -2.34. The smallest absolute Gasteiger partial charge is 0.337 e. The van der Waals surface area contributed by atoms with Gasteiger partial charge < -0.3 is 14.8 Å². The third-order valence-corrected chi connectivity index (χ3v) is 4.79. The molecule has 2 aliphatic rings. The molecular weight excluding hydrogens is 330 g/mol. The number of dihydropyridines is 1. The van der Waals surface area contributed by atoms with Crippen LogP contribution in [0.15, 0.2) is 46.8 Å². The van der Waals surface area contributed by atoms with Crippen molar-refractivity contribution in [2.24, 2.45) is 0 Å². The molecule has 0 amide bonds. The molecule has 1 atom stereocenters. The molecule has 138 valence electrons. The van der Waals surface area contributed by atoms with Crippen LogP contribution in [0.25, 0.3) is 0 Å². The van der Waals surface area contributed by atoms with E-state index in [1.165, 1.54) is 0 Å². The maximum Gasteiger partial charge on any atom is 0.337 e. The summed E-state index contributed by atoms with van der Waals surface area (Å²) < 4.78 is 10.7. The quantitative estimate of drug-likeness (QED) is 0.836. The number of nitrogens with one attached hydrogen (secondary N) is 1. The molecule has 1 aromatic rings. The molecule has 0 aromatic heterocycles. The highest BCUT2D eigenvalue weighted by Crippen LogP contribution is 2.42. The minimum absolute atomic E-state index is 0.0990. The average molecular weight is 355 g/mol. The molecule has 3 rings (SSSR count). The fourth-order valence-electron chi connectivity index (χ4n) is 3.66. The Morgan fingerprint density at radius 3 is 2.50 bits per heavy atom. The number of carbonyl (C=O) groups excluding carboxylic acids is 2. The molecule has 1 aromatic carbocycles. The van der Waals surface area contributed by atoms with Crippen LogP contribution in [0.2, 0.25) is 0 Å². The van der Waals surface area contributed by atoms with Crippen molar-refractivity contribution in [1.29, 1.82) is 0 Å². The van der Waals surface area contributed by atoms with Gasteiger partial charge in [0.1, 0.15) is 5.75 Å². The highest BCUT2D eigenvalue weighted by Gasteiger charge is 2.39. The number of carbonyl (C=O) groups is 2. The van der Waals surface area contributed by atoms with Gasteiger partial charge in [-0.25, -0.2) is 4.79 Å². The van der Waals surface area contributed by atoms with Gasteiger partial charge in [-0.1, -0.05) is 12.1 Å². The first-order chi connectivity index (χ1) is 12.4. The molecule has 1 aliphatic heterocycles. The Morgan fingerprint density at radius 2 is 1.88 bits per heavy atom. The van der Waals surface area contributed by atoms with E-state index in [0.29, 0.717) is 17.6 Å². The molecule has 0 spiro atoms. The lowest BCUT2D eigenvalue weighted by Gasteiger charge is -2.34. The van der Waals surface area contributed by atoms with Gasteiger partial charge >= 0.3 is 5.97 Å². The molecule has 5 heteroatoms. The third kappa shape index (κ3) is 3.39. The summed E-state index contributed by atoms with van der Waals surface area (Å²) in [6.45, 7) is 5.52. The van der Waals surface area contributed by atoms with Gasteiger partial charge in [-0.3, -0.25) is 4.79 Å². The number of allylic oxidation sites excluding steroid dienone is 3. The molecular formula is C21H25NO4. The van der Waals surface area contributed by atoms with Crippen molar-refractivity contribution in [3.05, 3.63) is 52.4 Å². The number of benzene rings is 1. The normalized spacial score (nSPS) is 20.0. The summed E-state index contributed by atoms with van der Waals surface area (Å²) in [7, 11) is 1.61. The molecule has 1 heterocycles. The Balaban J connectivity index is 2.11. The molecule has 1 unspecified atom stereocenters. The summed E-state index contributed by atoms with van der Waals surface area (Å²) in [4.78, 5) is 25.6. The van der Waals surface area contributed by atoms with Gasteiger partial charge in [0.15, 0.2) is 5.78 Å². The Bertz CT molecular complexity index is 787. The predicted molar refractivity (Wildman–Crippen MR) is 98.7 cm³/mol. The fraction of sp³-hybridized carbons (Fsp3) is 0.429. The van der Waals surface area contributed by atoms with Crippen molar-refractivity contribution < 1.29 is 19.1 Å². The summed E-state index contributed by atoms with van der Waals surface area (Å²) >= 11 is 0. The topological polar surface area (TPSA) is 64.6 Å². The monoisotopic (exact) mass is 355 g/mol. The van der Waals surface area contributed by atoms with Gasteiger partial charge in [0, 0.05) is 29.3 Å². The second-order valence-corrected chi connectivity index (χ2v) is 6.99. The molecule has 0 saturated carbocycles. The van der Waals surface area contributed by atoms with E-state index in [4.69, 9.17) is 9.47 Å². The first kappa shape index (κ1) is 18.2. The van der Waals surface area contributed by atoms with Crippen molar-refractivity contribution in [3.8, 4) is 5.75 Å².